The molecular weight excluding hydrogens is 332 g/mol. The molecule has 0 unspecified atom stereocenters. The lowest BCUT2D eigenvalue weighted by molar-refractivity contribution is 0.0394. The SMILES string of the molecule is c1ccc(COc2coc([C@@H]3COCO3)c2OCc2ccccc2)cc1. The van der Waals surface area contributed by atoms with E-state index in [2.05, 4.69) is 0 Å². The maximum absolute atomic E-state index is 6.04. The Morgan fingerprint density at radius 3 is 2.12 bits per heavy atom. The van der Waals surface area contributed by atoms with Crippen LogP contribution in [0.15, 0.2) is 71.3 Å². The second-order valence-electron chi connectivity index (χ2n) is 5.99. The van der Waals surface area contributed by atoms with E-state index in [1.165, 1.54) is 0 Å². The zero-order chi connectivity index (χ0) is 17.6. The van der Waals surface area contributed by atoms with Crippen LogP contribution in [0.1, 0.15) is 23.0 Å². The third-order valence-electron chi connectivity index (χ3n) is 4.12. The topological polar surface area (TPSA) is 50.1 Å². The van der Waals surface area contributed by atoms with E-state index in [0.717, 1.165) is 11.1 Å². The van der Waals surface area contributed by atoms with E-state index in [1.54, 1.807) is 6.26 Å². The lowest BCUT2D eigenvalue weighted by atomic mass is 10.2. The summed E-state index contributed by atoms with van der Waals surface area (Å²) in [5.41, 5.74) is 2.14. The van der Waals surface area contributed by atoms with E-state index in [-0.39, 0.29) is 12.9 Å². The van der Waals surface area contributed by atoms with Crippen molar-refractivity contribution < 1.29 is 23.4 Å². The molecule has 1 fully saturated rings. The standard InChI is InChI=1S/C21H20O5/c1-3-7-16(8-4-1)11-23-19-14-25-20(18-13-22-15-26-18)21(19)24-12-17-9-5-2-6-10-17/h1-10,14,18H,11-13,15H2/t18-/m0/s1. The predicted octanol–water partition coefficient (Wildman–Crippen LogP) is 4.48. The van der Waals surface area contributed by atoms with Crippen LogP contribution in [0, 0.1) is 0 Å². The predicted molar refractivity (Wildman–Crippen MR) is 94.9 cm³/mol. The summed E-state index contributed by atoms with van der Waals surface area (Å²) in [6.45, 7) is 1.54. The van der Waals surface area contributed by atoms with Crippen molar-refractivity contribution in [3.8, 4) is 11.5 Å². The molecule has 1 aliphatic heterocycles. The Morgan fingerprint density at radius 2 is 1.50 bits per heavy atom. The molecule has 2 aromatic carbocycles. The summed E-state index contributed by atoms with van der Waals surface area (Å²) in [4.78, 5) is 0. The average Bonchev–Trinajstić information content (AvgIpc) is 3.36. The molecule has 0 amide bonds. The van der Waals surface area contributed by atoms with Crippen LogP contribution in [0.3, 0.4) is 0 Å². The van der Waals surface area contributed by atoms with Crippen LogP contribution in [0.2, 0.25) is 0 Å². The molecule has 0 bridgehead atoms. The summed E-state index contributed by atoms with van der Waals surface area (Å²) in [6, 6.07) is 19.9. The zero-order valence-electron chi connectivity index (χ0n) is 14.3. The van der Waals surface area contributed by atoms with Crippen LogP contribution in [-0.4, -0.2) is 13.4 Å². The van der Waals surface area contributed by atoms with Crippen molar-refractivity contribution in [3.05, 3.63) is 83.8 Å². The fourth-order valence-electron chi connectivity index (χ4n) is 2.76. The Kier molecular flexibility index (Phi) is 5.19. The van der Waals surface area contributed by atoms with Gasteiger partial charge >= 0.3 is 0 Å². The maximum Gasteiger partial charge on any atom is 0.206 e. The summed E-state index contributed by atoms with van der Waals surface area (Å²) >= 11 is 0. The highest BCUT2D eigenvalue weighted by atomic mass is 16.7. The monoisotopic (exact) mass is 352 g/mol. The first-order valence-corrected chi connectivity index (χ1v) is 8.54. The van der Waals surface area contributed by atoms with Gasteiger partial charge in [0.05, 0.1) is 6.61 Å². The van der Waals surface area contributed by atoms with Crippen molar-refractivity contribution in [1.82, 2.24) is 0 Å². The summed E-state index contributed by atoms with van der Waals surface area (Å²) in [5.74, 6) is 1.73. The van der Waals surface area contributed by atoms with Crippen molar-refractivity contribution in [2.24, 2.45) is 0 Å². The van der Waals surface area contributed by atoms with Crippen LogP contribution < -0.4 is 9.47 Å². The molecule has 1 aromatic heterocycles. The van der Waals surface area contributed by atoms with Crippen LogP contribution in [0.5, 0.6) is 11.5 Å². The molecule has 0 aliphatic carbocycles. The number of rotatable bonds is 7. The van der Waals surface area contributed by atoms with Crippen LogP contribution in [0.25, 0.3) is 0 Å². The summed E-state index contributed by atoms with van der Waals surface area (Å²) in [5, 5.41) is 0. The van der Waals surface area contributed by atoms with Gasteiger partial charge < -0.3 is 23.4 Å². The van der Waals surface area contributed by atoms with Gasteiger partial charge in [-0.1, -0.05) is 60.7 Å². The second kappa shape index (κ2) is 8.08. The minimum atomic E-state index is -0.283. The first kappa shape index (κ1) is 16.7. The van der Waals surface area contributed by atoms with Crippen molar-refractivity contribution in [2.45, 2.75) is 19.3 Å². The summed E-state index contributed by atoms with van der Waals surface area (Å²) in [6.07, 6.45) is 1.29. The molecule has 0 radical (unpaired) electrons. The van der Waals surface area contributed by atoms with E-state index in [9.17, 15) is 0 Å². The molecule has 0 saturated carbocycles. The van der Waals surface area contributed by atoms with Gasteiger partial charge in [0.15, 0.2) is 5.76 Å². The maximum atomic E-state index is 6.04. The molecular formula is C21H20O5. The van der Waals surface area contributed by atoms with Gasteiger partial charge in [-0.05, 0) is 11.1 Å². The van der Waals surface area contributed by atoms with Crippen LogP contribution in [-0.2, 0) is 22.7 Å². The van der Waals surface area contributed by atoms with Crippen LogP contribution >= 0.6 is 0 Å². The molecule has 26 heavy (non-hydrogen) atoms. The Balaban J connectivity index is 1.52. The van der Waals surface area contributed by atoms with E-state index >= 15 is 0 Å². The zero-order valence-corrected chi connectivity index (χ0v) is 14.3. The summed E-state index contributed by atoms with van der Waals surface area (Å²) < 4.78 is 28.5. The van der Waals surface area contributed by atoms with Gasteiger partial charge in [-0.25, -0.2) is 0 Å². The summed E-state index contributed by atoms with van der Waals surface area (Å²) in [7, 11) is 0. The minimum Gasteiger partial charge on any atom is -0.482 e. The fraction of sp³-hybridized carbons (Fsp3) is 0.238. The van der Waals surface area contributed by atoms with Crippen molar-refractivity contribution in [3.63, 3.8) is 0 Å². The van der Waals surface area contributed by atoms with E-state index in [1.807, 2.05) is 60.7 Å². The molecule has 5 nitrogen and oxygen atoms in total. The van der Waals surface area contributed by atoms with E-state index in [0.29, 0.717) is 37.1 Å². The molecule has 0 N–H and O–H groups in total. The van der Waals surface area contributed by atoms with E-state index < -0.39 is 0 Å². The minimum absolute atomic E-state index is 0.254. The largest absolute Gasteiger partial charge is 0.482 e. The van der Waals surface area contributed by atoms with Gasteiger partial charge in [-0.2, -0.15) is 0 Å². The number of ether oxygens (including phenoxy) is 4. The smallest absolute Gasteiger partial charge is 0.206 e. The third-order valence-corrected chi connectivity index (χ3v) is 4.12. The van der Waals surface area contributed by atoms with Gasteiger partial charge in [0.25, 0.3) is 0 Å². The van der Waals surface area contributed by atoms with Crippen molar-refractivity contribution in [2.75, 3.05) is 13.4 Å². The van der Waals surface area contributed by atoms with Crippen LogP contribution in [0.4, 0.5) is 0 Å². The van der Waals surface area contributed by atoms with Gasteiger partial charge in [-0.15, -0.1) is 0 Å². The highest BCUT2D eigenvalue weighted by molar-refractivity contribution is 5.43. The normalized spacial score (nSPS) is 16.5. The molecule has 1 atom stereocenters. The Morgan fingerprint density at radius 1 is 0.846 bits per heavy atom. The quantitative estimate of drug-likeness (QED) is 0.627. The highest BCUT2D eigenvalue weighted by Gasteiger charge is 2.29. The Labute approximate surface area is 152 Å². The molecule has 2 heterocycles. The first-order valence-electron chi connectivity index (χ1n) is 8.54. The van der Waals surface area contributed by atoms with Gasteiger partial charge in [-0.3, -0.25) is 0 Å². The second-order valence-corrected chi connectivity index (χ2v) is 5.99. The number of hydrogen-bond acceptors (Lipinski definition) is 5. The van der Waals surface area contributed by atoms with E-state index in [4.69, 9.17) is 23.4 Å². The number of furan rings is 1. The van der Waals surface area contributed by atoms with Gasteiger partial charge in [0.2, 0.25) is 11.5 Å². The molecule has 134 valence electrons. The lowest BCUT2D eigenvalue weighted by Crippen LogP contribution is -2.04. The third kappa shape index (κ3) is 3.90. The molecule has 1 saturated heterocycles. The molecule has 3 aromatic rings. The highest BCUT2D eigenvalue weighted by Crippen LogP contribution is 2.40. The first-order chi connectivity index (χ1) is 12.9. The van der Waals surface area contributed by atoms with Crippen molar-refractivity contribution >= 4 is 0 Å². The lowest BCUT2D eigenvalue weighted by Gasteiger charge is -2.12. The molecule has 0 spiro atoms. The Hall–Kier alpha value is -2.76. The van der Waals surface area contributed by atoms with Gasteiger partial charge in [0.1, 0.15) is 32.4 Å². The van der Waals surface area contributed by atoms with Crippen molar-refractivity contribution in [1.29, 1.82) is 0 Å². The molecule has 5 heteroatoms. The average molecular weight is 352 g/mol. The molecule has 4 rings (SSSR count). The number of hydrogen-bond donors (Lipinski definition) is 0. The fourth-order valence-corrected chi connectivity index (χ4v) is 2.76. The molecule has 1 aliphatic rings. The van der Waals surface area contributed by atoms with Gasteiger partial charge in [0, 0.05) is 0 Å². The number of benzene rings is 2. The Bertz CT molecular complexity index is 807.